The smallest absolute Gasteiger partial charge is 1.00 e. The summed E-state index contributed by atoms with van der Waals surface area (Å²) < 4.78 is 0. The Kier molecular flexibility index (Phi) is 751. The molecule has 0 saturated carbocycles. The van der Waals surface area contributed by atoms with Crippen molar-refractivity contribution < 1.29 is 55.1 Å². The van der Waals surface area contributed by atoms with Gasteiger partial charge in [0.2, 0.25) is 0 Å². The normalized spacial score (nSPS) is 0. The second kappa shape index (κ2) is 61.3. The Hall–Kier alpha value is 3.15. The third kappa shape index (κ3) is 47.2. The van der Waals surface area contributed by atoms with Crippen LogP contribution in [0.25, 0.3) is 0 Å². The summed E-state index contributed by atoms with van der Waals surface area (Å²) >= 11 is 0. The van der Waals surface area contributed by atoms with E-state index >= 15 is 0 Å². The fraction of sp³-hybridized carbons (Fsp3) is 0. The van der Waals surface area contributed by atoms with Gasteiger partial charge in [0.25, 0.3) is 0 Å². The summed E-state index contributed by atoms with van der Waals surface area (Å²) in [5, 5.41) is 0. The molecule has 0 heterocycles. The number of halogens is 4. The van der Waals surface area contributed by atoms with E-state index in [0.29, 0.717) is 0 Å². The van der Waals surface area contributed by atoms with E-state index in [1.54, 1.807) is 0 Å². The Labute approximate surface area is 114 Å². The summed E-state index contributed by atoms with van der Waals surface area (Å²) in [5.74, 6) is 0. The van der Waals surface area contributed by atoms with Crippen LogP contribution in [0.1, 0.15) is 0 Å². The largest absolute Gasteiger partial charge is 2.00 e. The van der Waals surface area contributed by atoms with Crippen LogP contribution < -0.4 is 49.6 Å². The Balaban J connectivity index is 0. The van der Waals surface area contributed by atoms with Gasteiger partial charge >= 0.3 is 60.8 Å². The first-order chi connectivity index (χ1) is 0. The van der Waals surface area contributed by atoms with E-state index in [4.69, 9.17) is 0 Å². The SMILES string of the molecule is O.[Ca+2].[Cl-].[Cl-].[Cl-].[Cl-].[Mg+2]. The molecular weight excluding hydrogens is 222 g/mol. The average Bonchev–Trinajstić information content (AvgIpc) is 0. The maximum Gasteiger partial charge on any atom is 2.00 e. The Morgan fingerprint density at radius 1 is 0.571 bits per heavy atom. The van der Waals surface area contributed by atoms with Crippen molar-refractivity contribution in [3.05, 3.63) is 0 Å². The molecule has 0 unspecified atom stereocenters. The monoisotopic (exact) mass is 222 g/mol. The van der Waals surface area contributed by atoms with Crippen LogP contribution in [0, 0.1) is 0 Å². The fourth-order valence-electron chi connectivity index (χ4n) is 0. The molecule has 40 valence electrons. The molecule has 0 aromatic carbocycles. The van der Waals surface area contributed by atoms with Gasteiger partial charge in [0.1, 0.15) is 0 Å². The number of hydrogen-bond donors (Lipinski definition) is 0. The molecule has 0 aliphatic heterocycles. The number of hydrogen-bond acceptors (Lipinski definition) is 0. The minimum absolute atomic E-state index is 0. The first kappa shape index (κ1) is 85.8. The van der Waals surface area contributed by atoms with Gasteiger partial charge in [0.05, 0.1) is 0 Å². The van der Waals surface area contributed by atoms with Crippen LogP contribution >= 0.6 is 0 Å². The summed E-state index contributed by atoms with van der Waals surface area (Å²) in [6.45, 7) is 0. The standard InChI is InChI=1S/Ca.4ClH.Mg.H2O/h;4*1H;;1H2/q+2;;;;;+2;/p-4. The van der Waals surface area contributed by atoms with Crippen LogP contribution in [0.15, 0.2) is 0 Å². The van der Waals surface area contributed by atoms with Crippen LogP contribution in [-0.4, -0.2) is 66.3 Å². The summed E-state index contributed by atoms with van der Waals surface area (Å²) in [6.07, 6.45) is 0. The van der Waals surface area contributed by atoms with E-state index in [-0.39, 0.29) is 116 Å². The summed E-state index contributed by atoms with van der Waals surface area (Å²) in [4.78, 5) is 0. The van der Waals surface area contributed by atoms with E-state index in [1.165, 1.54) is 0 Å². The molecule has 2 N–H and O–H groups in total. The van der Waals surface area contributed by atoms with Crippen LogP contribution in [0.2, 0.25) is 0 Å². The van der Waals surface area contributed by atoms with Gasteiger partial charge in [-0.15, -0.1) is 0 Å². The Bertz CT molecular complexity index is 11.7. The third-order valence-corrected chi connectivity index (χ3v) is 0. The van der Waals surface area contributed by atoms with Gasteiger partial charge in [0.15, 0.2) is 0 Å². The van der Waals surface area contributed by atoms with Gasteiger partial charge in [-0.25, -0.2) is 0 Å². The van der Waals surface area contributed by atoms with Gasteiger partial charge in [-0.1, -0.05) is 0 Å². The third-order valence-electron chi connectivity index (χ3n) is 0. The molecule has 0 aliphatic rings. The predicted molar refractivity (Wildman–Crippen MR) is 15.1 cm³/mol. The molecule has 0 aromatic rings. The average molecular weight is 224 g/mol. The predicted octanol–water partition coefficient (Wildman–Crippen LogP) is -13.6. The van der Waals surface area contributed by atoms with Gasteiger partial charge in [-0.3, -0.25) is 0 Å². The maximum absolute atomic E-state index is 0. The van der Waals surface area contributed by atoms with Crippen molar-refractivity contribution in [2.75, 3.05) is 0 Å². The fourth-order valence-corrected chi connectivity index (χ4v) is 0. The molecule has 0 spiro atoms. The molecule has 0 aromatic heterocycles. The summed E-state index contributed by atoms with van der Waals surface area (Å²) in [5.41, 5.74) is 0. The molecule has 7 heavy (non-hydrogen) atoms. The second-order valence-electron chi connectivity index (χ2n) is 0. The molecular formula is H2CaCl4MgO. The van der Waals surface area contributed by atoms with Crippen LogP contribution in [-0.2, 0) is 0 Å². The minimum Gasteiger partial charge on any atom is -1.00 e. The molecule has 0 aliphatic carbocycles. The molecule has 0 fully saturated rings. The zero-order valence-corrected chi connectivity index (χ0v) is 10.1. The molecule has 0 atom stereocenters. The van der Waals surface area contributed by atoms with E-state index in [0.717, 1.165) is 0 Å². The molecule has 1 nitrogen and oxygen atoms in total. The summed E-state index contributed by atoms with van der Waals surface area (Å²) in [6, 6.07) is 0. The topological polar surface area (TPSA) is 31.5 Å². The number of rotatable bonds is 0. The molecule has 0 saturated heterocycles. The molecule has 0 amide bonds. The van der Waals surface area contributed by atoms with Crippen molar-refractivity contribution in [2.24, 2.45) is 0 Å². The molecule has 0 rings (SSSR count). The van der Waals surface area contributed by atoms with Crippen molar-refractivity contribution in [2.45, 2.75) is 0 Å². The van der Waals surface area contributed by atoms with Crippen molar-refractivity contribution in [3.63, 3.8) is 0 Å². The van der Waals surface area contributed by atoms with Gasteiger partial charge < -0.3 is 55.1 Å². The molecule has 7 heteroatoms. The second-order valence-corrected chi connectivity index (χ2v) is 0. The Morgan fingerprint density at radius 2 is 0.571 bits per heavy atom. The van der Waals surface area contributed by atoms with Crippen LogP contribution in [0.5, 0.6) is 0 Å². The first-order valence-electron chi connectivity index (χ1n) is 0. The van der Waals surface area contributed by atoms with Crippen molar-refractivity contribution in [1.29, 1.82) is 0 Å². The zero-order chi connectivity index (χ0) is 0. The quantitative estimate of drug-likeness (QED) is 0.366. The van der Waals surface area contributed by atoms with Crippen LogP contribution in [0.3, 0.4) is 0 Å². The Morgan fingerprint density at radius 3 is 0.571 bits per heavy atom. The van der Waals surface area contributed by atoms with Crippen molar-refractivity contribution in [3.8, 4) is 0 Å². The van der Waals surface area contributed by atoms with Crippen LogP contribution in [0.4, 0.5) is 0 Å². The van der Waals surface area contributed by atoms with Gasteiger partial charge in [0, 0.05) is 0 Å². The first-order valence-corrected chi connectivity index (χ1v) is 0. The molecule has 0 radical (unpaired) electrons. The molecule has 0 bridgehead atoms. The van der Waals surface area contributed by atoms with E-state index in [2.05, 4.69) is 0 Å². The zero-order valence-electron chi connectivity index (χ0n) is 3.43. The van der Waals surface area contributed by atoms with Crippen molar-refractivity contribution in [1.82, 2.24) is 0 Å². The summed E-state index contributed by atoms with van der Waals surface area (Å²) in [7, 11) is 0. The van der Waals surface area contributed by atoms with E-state index < -0.39 is 0 Å². The van der Waals surface area contributed by atoms with Crippen molar-refractivity contribution >= 4 is 60.8 Å². The van der Waals surface area contributed by atoms with Gasteiger partial charge in [-0.2, -0.15) is 0 Å². The maximum atomic E-state index is 0. The minimum atomic E-state index is 0. The van der Waals surface area contributed by atoms with Gasteiger partial charge in [-0.05, 0) is 0 Å². The van der Waals surface area contributed by atoms with E-state index in [1.807, 2.05) is 0 Å². The van der Waals surface area contributed by atoms with E-state index in [9.17, 15) is 0 Å².